The van der Waals surface area contributed by atoms with Gasteiger partial charge in [0.05, 0.1) is 24.7 Å². The molecule has 0 saturated heterocycles. The van der Waals surface area contributed by atoms with E-state index in [2.05, 4.69) is 15.0 Å². The number of carbonyl (C=O) groups is 1. The van der Waals surface area contributed by atoms with Crippen molar-refractivity contribution in [2.24, 2.45) is 7.05 Å². The van der Waals surface area contributed by atoms with Gasteiger partial charge in [0.25, 0.3) is 5.91 Å². The zero-order valence-electron chi connectivity index (χ0n) is 17.6. The fourth-order valence-electron chi connectivity index (χ4n) is 3.97. The molecule has 31 heavy (non-hydrogen) atoms. The maximum atomic E-state index is 12.9. The van der Waals surface area contributed by atoms with E-state index in [1.165, 1.54) is 19.2 Å². The van der Waals surface area contributed by atoms with Crippen molar-refractivity contribution < 1.29 is 17.9 Å². The quantitative estimate of drug-likeness (QED) is 0.586. The lowest BCUT2D eigenvalue weighted by atomic mass is 10.2. The fraction of sp³-hybridized carbons (Fsp3) is 0.364. The normalized spacial score (nSPS) is 14.8. The number of methoxy groups -OCH3 is 1. The number of fused-ring (bicyclic) bond motifs is 1. The second-order valence-corrected chi connectivity index (χ2v) is 9.41. The third kappa shape index (κ3) is 4.42. The van der Waals surface area contributed by atoms with Crippen LogP contribution >= 0.6 is 0 Å². The molecule has 1 fully saturated rings. The Morgan fingerprint density at radius 3 is 2.65 bits per heavy atom. The monoisotopic (exact) mass is 442 g/mol. The molecule has 4 rings (SSSR count). The standard InChI is InChI=1S/C22H26N4O4S/c1-26-18-10-6-5-9-17(18)24-21(26)14-23-22(27)15-11-12-19(30-2)20(13-15)31(28,29)25-16-7-3-4-8-16/h5-6,9-13,16,25H,3-4,7-8,14H2,1-2H3,(H,23,27). The number of nitrogens with one attached hydrogen (secondary N) is 2. The number of para-hydroxylation sites is 2. The van der Waals surface area contributed by atoms with Gasteiger partial charge in [0.1, 0.15) is 16.5 Å². The van der Waals surface area contributed by atoms with Gasteiger partial charge in [-0.05, 0) is 43.2 Å². The summed E-state index contributed by atoms with van der Waals surface area (Å²) in [4.78, 5) is 17.3. The number of nitrogens with zero attached hydrogens (tertiary/aromatic N) is 2. The zero-order chi connectivity index (χ0) is 22.0. The molecule has 0 spiro atoms. The first-order valence-electron chi connectivity index (χ1n) is 10.3. The van der Waals surface area contributed by atoms with Crippen LogP contribution in [0.5, 0.6) is 5.75 Å². The maximum absolute atomic E-state index is 12.9. The van der Waals surface area contributed by atoms with E-state index in [0.717, 1.165) is 36.7 Å². The Balaban J connectivity index is 1.54. The van der Waals surface area contributed by atoms with Gasteiger partial charge < -0.3 is 14.6 Å². The van der Waals surface area contributed by atoms with Crippen LogP contribution in [0, 0.1) is 0 Å². The number of hydrogen-bond donors (Lipinski definition) is 2. The minimum absolute atomic E-state index is 0.0303. The van der Waals surface area contributed by atoms with Gasteiger partial charge in [-0.2, -0.15) is 0 Å². The Morgan fingerprint density at radius 2 is 1.94 bits per heavy atom. The summed E-state index contributed by atoms with van der Waals surface area (Å²) in [5.41, 5.74) is 2.07. The van der Waals surface area contributed by atoms with E-state index in [4.69, 9.17) is 4.74 Å². The van der Waals surface area contributed by atoms with Crippen LogP contribution in [0.3, 0.4) is 0 Å². The molecule has 2 aromatic carbocycles. The van der Waals surface area contributed by atoms with Crippen molar-refractivity contribution in [2.45, 2.75) is 43.2 Å². The topological polar surface area (TPSA) is 102 Å². The molecule has 164 valence electrons. The molecule has 1 aromatic heterocycles. The first-order chi connectivity index (χ1) is 14.9. The lowest BCUT2D eigenvalue weighted by Gasteiger charge is -2.15. The van der Waals surface area contributed by atoms with Crippen molar-refractivity contribution in [3.63, 3.8) is 0 Å². The molecule has 1 saturated carbocycles. The molecule has 0 aliphatic heterocycles. The van der Waals surface area contributed by atoms with E-state index in [1.54, 1.807) is 6.07 Å². The van der Waals surface area contributed by atoms with Crippen molar-refractivity contribution in [1.82, 2.24) is 19.6 Å². The van der Waals surface area contributed by atoms with Crippen molar-refractivity contribution in [3.8, 4) is 5.75 Å². The van der Waals surface area contributed by atoms with E-state index in [1.807, 2.05) is 35.9 Å². The molecule has 0 atom stereocenters. The average Bonchev–Trinajstić information content (AvgIpc) is 3.39. The predicted molar refractivity (Wildman–Crippen MR) is 117 cm³/mol. The van der Waals surface area contributed by atoms with Crippen molar-refractivity contribution in [2.75, 3.05) is 7.11 Å². The van der Waals surface area contributed by atoms with Gasteiger partial charge in [-0.3, -0.25) is 4.79 Å². The highest BCUT2D eigenvalue weighted by Crippen LogP contribution is 2.27. The number of aromatic nitrogens is 2. The number of carbonyl (C=O) groups excluding carboxylic acids is 1. The second-order valence-electron chi connectivity index (χ2n) is 7.73. The van der Waals surface area contributed by atoms with Crippen LogP contribution in [0.1, 0.15) is 41.9 Å². The molecule has 9 heteroatoms. The molecule has 0 unspecified atom stereocenters. The number of ether oxygens (including phenoxy) is 1. The zero-order valence-corrected chi connectivity index (χ0v) is 18.4. The highest BCUT2D eigenvalue weighted by atomic mass is 32.2. The molecule has 0 bridgehead atoms. The van der Waals surface area contributed by atoms with Crippen LogP contribution in [0.2, 0.25) is 0 Å². The summed E-state index contributed by atoms with van der Waals surface area (Å²) in [7, 11) is -0.501. The Bertz CT molecular complexity index is 1210. The van der Waals surface area contributed by atoms with E-state index < -0.39 is 10.0 Å². The summed E-state index contributed by atoms with van der Waals surface area (Å²) >= 11 is 0. The number of rotatable bonds is 7. The van der Waals surface area contributed by atoms with Gasteiger partial charge in [0.2, 0.25) is 10.0 Å². The van der Waals surface area contributed by atoms with Crippen LogP contribution in [0.4, 0.5) is 0 Å². The molecule has 1 aliphatic carbocycles. The molecular formula is C22H26N4O4S. The molecule has 0 radical (unpaired) electrons. The Labute approximate surface area is 181 Å². The minimum Gasteiger partial charge on any atom is -0.495 e. The van der Waals surface area contributed by atoms with Crippen LogP contribution in [-0.4, -0.2) is 37.0 Å². The van der Waals surface area contributed by atoms with Crippen molar-refractivity contribution in [3.05, 3.63) is 53.9 Å². The third-order valence-electron chi connectivity index (χ3n) is 5.68. The SMILES string of the molecule is COc1ccc(C(=O)NCc2nc3ccccc3n2C)cc1S(=O)(=O)NC1CCCC1. The van der Waals surface area contributed by atoms with E-state index in [9.17, 15) is 13.2 Å². The van der Waals surface area contributed by atoms with Crippen molar-refractivity contribution >= 4 is 27.0 Å². The van der Waals surface area contributed by atoms with Crippen LogP contribution < -0.4 is 14.8 Å². The van der Waals surface area contributed by atoms with Crippen LogP contribution in [-0.2, 0) is 23.6 Å². The summed E-state index contributed by atoms with van der Waals surface area (Å²) in [5, 5.41) is 2.83. The number of amides is 1. The van der Waals surface area contributed by atoms with Crippen LogP contribution in [0.15, 0.2) is 47.4 Å². The highest BCUT2D eigenvalue weighted by Gasteiger charge is 2.26. The molecule has 8 nitrogen and oxygen atoms in total. The largest absolute Gasteiger partial charge is 0.495 e. The Morgan fingerprint density at radius 1 is 1.19 bits per heavy atom. The molecule has 2 N–H and O–H groups in total. The molecule has 1 heterocycles. The smallest absolute Gasteiger partial charge is 0.251 e. The average molecular weight is 443 g/mol. The van der Waals surface area contributed by atoms with E-state index in [-0.39, 0.29) is 34.7 Å². The first-order valence-corrected chi connectivity index (χ1v) is 11.8. The van der Waals surface area contributed by atoms with Gasteiger partial charge in [-0.15, -0.1) is 0 Å². The van der Waals surface area contributed by atoms with E-state index >= 15 is 0 Å². The second kappa shape index (κ2) is 8.68. The summed E-state index contributed by atoms with van der Waals surface area (Å²) in [6.45, 7) is 0.221. The maximum Gasteiger partial charge on any atom is 0.251 e. The summed E-state index contributed by atoms with van der Waals surface area (Å²) < 4.78 is 35.8. The first kappa shape index (κ1) is 21.3. The molecular weight excluding hydrogens is 416 g/mol. The fourth-order valence-corrected chi connectivity index (χ4v) is 5.47. The summed E-state index contributed by atoms with van der Waals surface area (Å²) in [6, 6.07) is 12.1. The summed E-state index contributed by atoms with van der Waals surface area (Å²) in [5.74, 6) is 0.531. The van der Waals surface area contributed by atoms with Crippen molar-refractivity contribution in [1.29, 1.82) is 0 Å². The molecule has 1 aliphatic rings. The molecule has 3 aromatic rings. The van der Waals surface area contributed by atoms with Gasteiger partial charge in [-0.1, -0.05) is 25.0 Å². The number of sulfonamides is 1. The van der Waals surface area contributed by atoms with Gasteiger partial charge in [0.15, 0.2) is 0 Å². The Hall–Kier alpha value is -2.91. The number of aryl methyl sites for hydroxylation is 1. The minimum atomic E-state index is -3.81. The highest BCUT2D eigenvalue weighted by molar-refractivity contribution is 7.89. The van der Waals surface area contributed by atoms with Crippen LogP contribution in [0.25, 0.3) is 11.0 Å². The predicted octanol–water partition coefficient (Wildman–Crippen LogP) is 2.73. The van der Waals surface area contributed by atoms with Gasteiger partial charge in [-0.25, -0.2) is 18.1 Å². The number of imidazole rings is 1. The third-order valence-corrected chi connectivity index (χ3v) is 7.22. The lowest BCUT2D eigenvalue weighted by Crippen LogP contribution is -2.33. The number of benzene rings is 2. The van der Waals surface area contributed by atoms with Gasteiger partial charge in [0, 0.05) is 18.7 Å². The Kier molecular flexibility index (Phi) is 5.97. The van der Waals surface area contributed by atoms with E-state index in [0.29, 0.717) is 5.82 Å². The lowest BCUT2D eigenvalue weighted by molar-refractivity contribution is 0.0949. The summed E-state index contributed by atoms with van der Waals surface area (Å²) in [6.07, 6.45) is 3.66. The molecule has 1 amide bonds. The van der Waals surface area contributed by atoms with Gasteiger partial charge >= 0.3 is 0 Å². The number of hydrogen-bond acceptors (Lipinski definition) is 5.